The van der Waals surface area contributed by atoms with E-state index in [9.17, 15) is 4.39 Å². The predicted octanol–water partition coefficient (Wildman–Crippen LogP) is 0.392. The first-order valence-electron chi connectivity index (χ1n) is 4.10. The van der Waals surface area contributed by atoms with Gasteiger partial charge in [0.1, 0.15) is 17.3 Å². The quantitative estimate of drug-likeness (QED) is 0.774. The van der Waals surface area contributed by atoms with Gasteiger partial charge < -0.3 is 10.5 Å². The summed E-state index contributed by atoms with van der Waals surface area (Å²) < 4.78 is 19.5. The molecule has 0 saturated heterocycles. The van der Waals surface area contributed by atoms with E-state index >= 15 is 0 Å². The van der Waals surface area contributed by atoms with Gasteiger partial charge in [0, 0.05) is 6.07 Å². The van der Waals surface area contributed by atoms with Crippen LogP contribution < -0.4 is 10.5 Å². The topological polar surface area (TPSA) is 78.8 Å². The lowest BCUT2D eigenvalue weighted by Crippen LogP contribution is -2.05. The van der Waals surface area contributed by atoms with Gasteiger partial charge in [-0.1, -0.05) is 5.10 Å². The van der Waals surface area contributed by atoms with Crippen molar-refractivity contribution in [3.63, 3.8) is 0 Å². The van der Waals surface area contributed by atoms with Crippen LogP contribution in [0.15, 0.2) is 18.2 Å². The fourth-order valence-corrected chi connectivity index (χ4v) is 1.15. The fourth-order valence-electron chi connectivity index (χ4n) is 1.15. The summed E-state index contributed by atoms with van der Waals surface area (Å²) >= 11 is 0. The number of halogens is 1. The van der Waals surface area contributed by atoms with Crippen LogP contribution in [0.3, 0.4) is 0 Å². The van der Waals surface area contributed by atoms with Gasteiger partial charge in [0.05, 0.1) is 7.11 Å². The standard InChI is InChI=1S/C8H8FN5O/c1-15-5-2-3-6(9)7(4-5)14-8(10)11-12-13-14/h2-4H,1H3,(H2,10,11,13). The first-order chi connectivity index (χ1) is 7.22. The number of nitrogens with two attached hydrogens (primary N) is 1. The molecule has 0 aliphatic heterocycles. The molecule has 0 saturated carbocycles. The van der Waals surface area contributed by atoms with Crippen molar-refractivity contribution in [2.24, 2.45) is 0 Å². The smallest absolute Gasteiger partial charge is 0.245 e. The molecule has 2 N–H and O–H groups in total. The van der Waals surface area contributed by atoms with Crippen molar-refractivity contribution in [2.45, 2.75) is 0 Å². The Balaban J connectivity index is 2.56. The first kappa shape index (κ1) is 9.38. The molecule has 2 rings (SSSR count). The van der Waals surface area contributed by atoms with Gasteiger partial charge in [-0.05, 0) is 22.6 Å². The summed E-state index contributed by atoms with van der Waals surface area (Å²) in [5.74, 6) is 0.0400. The van der Waals surface area contributed by atoms with E-state index in [0.717, 1.165) is 4.68 Å². The van der Waals surface area contributed by atoms with Crippen LogP contribution in [-0.2, 0) is 0 Å². The third kappa shape index (κ3) is 1.58. The van der Waals surface area contributed by atoms with Gasteiger partial charge in [-0.25, -0.2) is 4.39 Å². The van der Waals surface area contributed by atoms with E-state index < -0.39 is 5.82 Å². The molecular formula is C8H8FN5O. The SMILES string of the molecule is COc1ccc(F)c(-n2nnnc2N)c1. The number of methoxy groups -OCH3 is 1. The molecular weight excluding hydrogens is 201 g/mol. The van der Waals surface area contributed by atoms with Crippen molar-refractivity contribution in [2.75, 3.05) is 12.8 Å². The summed E-state index contributed by atoms with van der Waals surface area (Å²) in [6, 6.07) is 4.22. The fraction of sp³-hybridized carbons (Fsp3) is 0.125. The number of hydrogen-bond acceptors (Lipinski definition) is 5. The number of aromatic nitrogens is 4. The number of anilines is 1. The molecule has 0 amide bonds. The Morgan fingerprint density at radius 1 is 1.47 bits per heavy atom. The van der Waals surface area contributed by atoms with Crippen LogP contribution in [0.4, 0.5) is 10.3 Å². The number of rotatable bonds is 2. The highest BCUT2D eigenvalue weighted by atomic mass is 19.1. The van der Waals surface area contributed by atoms with E-state index in [4.69, 9.17) is 10.5 Å². The van der Waals surface area contributed by atoms with E-state index in [2.05, 4.69) is 15.5 Å². The normalized spacial score (nSPS) is 10.3. The number of tetrazole rings is 1. The Kier molecular flexibility index (Phi) is 2.20. The molecule has 1 heterocycles. The Morgan fingerprint density at radius 2 is 2.27 bits per heavy atom. The number of hydrogen-bond donors (Lipinski definition) is 1. The van der Waals surface area contributed by atoms with Crippen molar-refractivity contribution >= 4 is 5.95 Å². The van der Waals surface area contributed by atoms with E-state index in [1.807, 2.05) is 0 Å². The van der Waals surface area contributed by atoms with Crippen molar-refractivity contribution in [3.05, 3.63) is 24.0 Å². The van der Waals surface area contributed by atoms with Crippen LogP contribution in [0.5, 0.6) is 5.75 Å². The van der Waals surface area contributed by atoms with E-state index in [1.165, 1.54) is 25.3 Å². The number of benzene rings is 1. The molecule has 0 atom stereocenters. The lowest BCUT2D eigenvalue weighted by Gasteiger charge is -2.05. The van der Waals surface area contributed by atoms with Gasteiger partial charge in [-0.2, -0.15) is 4.68 Å². The van der Waals surface area contributed by atoms with Gasteiger partial charge in [0.15, 0.2) is 0 Å². The molecule has 0 aliphatic rings. The van der Waals surface area contributed by atoms with Gasteiger partial charge in [0.25, 0.3) is 0 Å². The Labute approximate surface area is 84.5 Å². The number of nitrogen functional groups attached to an aromatic ring is 1. The first-order valence-corrected chi connectivity index (χ1v) is 4.10. The molecule has 0 aliphatic carbocycles. The molecule has 2 aromatic rings. The Hall–Kier alpha value is -2.18. The highest BCUT2D eigenvalue weighted by Crippen LogP contribution is 2.20. The van der Waals surface area contributed by atoms with E-state index in [-0.39, 0.29) is 11.6 Å². The van der Waals surface area contributed by atoms with Crippen molar-refractivity contribution in [1.29, 1.82) is 0 Å². The van der Waals surface area contributed by atoms with Gasteiger partial charge in [0.2, 0.25) is 5.95 Å². The zero-order chi connectivity index (χ0) is 10.8. The lowest BCUT2D eigenvalue weighted by atomic mass is 10.3. The number of ether oxygens (including phenoxy) is 1. The van der Waals surface area contributed by atoms with E-state index in [0.29, 0.717) is 5.75 Å². The highest BCUT2D eigenvalue weighted by Gasteiger charge is 2.10. The maximum atomic E-state index is 13.4. The molecule has 78 valence electrons. The summed E-state index contributed by atoms with van der Waals surface area (Å²) in [4.78, 5) is 0. The third-order valence-corrected chi connectivity index (χ3v) is 1.88. The van der Waals surface area contributed by atoms with Crippen LogP contribution in [0.2, 0.25) is 0 Å². The van der Waals surface area contributed by atoms with Crippen LogP contribution in [0.25, 0.3) is 5.69 Å². The molecule has 7 heteroatoms. The minimum Gasteiger partial charge on any atom is -0.497 e. The molecule has 1 aromatic heterocycles. The predicted molar refractivity (Wildman–Crippen MR) is 50.1 cm³/mol. The molecule has 0 radical (unpaired) electrons. The monoisotopic (exact) mass is 209 g/mol. The van der Waals surface area contributed by atoms with Gasteiger partial charge >= 0.3 is 0 Å². The van der Waals surface area contributed by atoms with Crippen molar-refractivity contribution < 1.29 is 9.13 Å². The second-order valence-electron chi connectivity index (χ2n) is 2.77. The third-order valence-electron chi connectivity index (χ3n) is 1.88. The van der Waals surface area contributed by atoms with Gasteiger partial charge in [-0.3, -0.25) is 0 Å². The van der Waals surface area contributed by atoms with Crippen LogP contribution in [0.1, 0.15) is 0 Å². The average molecular weight is 209 g/mol. The minimum atomic E-state index is -0.477. The second kappa shape index (κ2) is 3.52. The van der Waals surface area contributed by atoms with Crippen molar-refractivity contribution in [1.82, 2.24) is 20.2 Å². The Morgan fingerprint density at radius 3 is 2.87 bits per heavy atom. The largest absolute Gasteiger partial charge is 0.497 e. The maximum Gasteiger partial charge on any atom is 0.245 e. The summed E-state index contributed by atoms with van der Waals surface area (Å²) in [7, 11) is 1.49. The second-order valence-corrected chi connectivity index (χ2v) is 2.77. The molecule has 0 unspecified atom stereocenters. The van der Waals surface area contributed by atoms with Crippen molar-refractivity contribution in [3.8, 4) is 11.4 Å². The average Bonchev–Trinajstić information content (AvgIpc) is 2.65. The van der Waals surface area contributed by atoms with E-state index in [1.54, 1.807) is 0 Å². The molecule has 0 spiro atoms. The molecule has 0 bridgehead atoms. The maximum absolute atomic E-state index is 13.4. The Bertz CT molecular complexity index is 484. The highest BCUT2D eigenvalue weighted by molar-refractivity contribution is 5.42. The zero-order valence-electron chi connectivity index (χ0n) is 7.88. The molecule has 6 nitrogen and oxygen atoms in total. The van der Waals surface area contributed by atoms with Gasteiger partial charge in [-0.15, -0.1) is 0 Å². The zero-order valence-corrected chi connectivity index (χ0v) is 7.88. The summed E-state index contributed by atoms with van der Waals surface area (Å²) in [5.41, 5.74) is 5.60. The summed E-state index contributed by atoms with van der Waals surface area (Å²) in [6.07, 6.45) is 0. The minimum absolute atomic E-state index is 0.0159. The van der Waals surface area contributed by atoms with Crippen LogP contribution >= 0.6 is 0 Å². The summed E-state index contributed by atoms with van der Waals surface area (Å²) in [6.45, 7) is 0. The molecule has 15 heavy (non-hydrogen) atoms. The van der Waals surface area contributed by atoms with Crippen LogP contribution in [0, 0.1) is 5.82 Å². The summed E-state index contributed by atoms with van der Waals surface area (Å²) in [5, 5.41) is 10.3. The lowest BCUT2D eigenvalue weighted by molar-refractivity contribution is 0.413. The number of nitrogens with zero attached hydrogens (tertiary/aromatic N) is 4. The molecule has 0 fully saturated rings. The van der Waals surface area contributed by atoms with Crippen LogP contribution in [-0.4, -0.2) is 27.3 Å². The molecule has 1 aromatic carbocycles.